The van der Waals surface area contributed by atoms with Gasteiger partial charge >= 0.3 is 0 Å². The molecule has 0 amide bonds. The lowest BCUT2D eigenvalue weighted by Gasteiger charge is -2.35. The number of benzene rings is 1. The number of aryl methyl sites for hydroxylation is 3. The summed E-state index contributed by atoms with van der Waals surface area (Å²) < 4.78 is 39.2. The fourth-order valence-corrected chi connectivity index (χ4v) is 5.08. The van der Waals surface area contributed by atoms with Gasteiger partial charge in [0.15, 0.2) is 0 Å². The zero-order valence-electron chi connectivity index (χ0n) is 14.9. The highest BCUT2D eigenvalue weighted by Crippen LogP contribution is 2.36. The molecule has 8 heteroatoms. The third kappa shape index (κ3) is 3.17. The smallest absolute Gasteiger partial charge is 0.247 e. The minimum absolute atomic E-state index is 0.181. The molecule has 25 heavy (non-hydrogen) atoms. The Balaban J connectivity index is 2.10. The molecule has 1 aliphatic heterocycles. The summed E-state index contributed by atoms with van der Waals surface area (Å²) >= 11 is 0. The number of aromatic amines is 1. The van der Waals surface area contributed by atoms with Gasteiger partial charge in [0.1, 0.15) is 10.6 Å². The van der Waals surface area contributed by atoms with Crippen LogP contribution in [-0.4, -0.2) is 49.8 Å². The minimum atomic E-state index is -3.75. The van der Waals surface area contributed by atoms with E-state index in [1.54, 1.807) is 12.1 Å². The van der Waals surface area contributed by atoms with Crippen LogP contribution in [0.3, 0.4) is 0 Å². The highest BCUT2D eigenvalue weighted by molar-refractivity contribution is 7.89. The number of methoxy groups -OCH3 is 1. The summed E-state index contributed by atoms with van der Waals surface area (Å²) in [6, 6.07) is 4.75. The number of sulfonamides is 1. The zero-order chi connectivity index (χ0) is 18.2. The molecule has 1 atom stereocenters. The van der Waals surface area contributed by atoms with Gasteiger partial charge in [-0.05, 0) is 38.5 Å². The first-order valence-corrected chi connectivity index (χ1v) is 9.56. The molecule has 1 aliphatic rings. The zero-order valence-corrected chi connectivity index (χ0v) is 15.7. The first-order chi connectivity index (χ1) is 11.9. The van der Waals surface area contributed by atoms with E-state index in [-0.39, 0.29) is 11.4 Å². The van der Waals surface area contributed by atoms with E-state index in [0.717, 1.165) is 22.5 Å². The molecule has 2 heterocycles. The van der Waals surface area contributed by atoms with E-state index in [0.29, 0.717) is 19.0 Å². The Morgan fingerprint density at radius 3 is 2.72 bits per heavy atom. The molecule has 1 aromatic heterocycles. The lowest BCUT2D eigenvalue weighted by Crippen LogP contribution is -2.43. The molecule has 1 unspecified atom stereocenters. The summed E-state index contributed by atoms with van der Waals surface area (Å²) in [4.78, 5) is 0.181. The van der Waals surface area contributed by atoms with E-state index in [1.165, 1.54) is 11.4 Å². The highest BCUT2D eigenvalue weighted by atomic mass is 32.2. The third-order valence-corrected chi connectivity index (χ3v) is 6.43. The molecule has 3 rings (SSSR count). The number of hydrogen-bond acceptors (Lipinski definition) is 5. The van der Waals surface area contributed by atoms with Crippen molar-refractivity contribution in [3.05, 3.63) is 40.7 Å². The number of nitrogens with one attached hydrogen (secondary N) is 1. The number of ether oxygens (including phenoxy) is 2. The Hall–Kier alpha value is -1.90. The van der Waals surface area contributed by atoms with Crippen LogP contribution in [0.15, 0.2) is 23.1 Å². The van der Waals surface area contributed by atoms with Crippen molar-refractivity contribution in [1.29, 1.82) is 0 Å². The van der Waals surface area contributed by atoms with E-state index in [4.69, 9.17) is 9.47 Å². The maximum atomic E-state index is 13.4. The molecule has 136 valence electrons. The molecule has 1 saturated heterocycles. The van der Waals surface area contributed by atoms with E-state index in [2.05, 4.69) is 10.2 Å². The average molecular weight is 365 g/mol. The number of morpholine rings is 1. The van der Waals surface area contributed by atoms with E-state index in [9.17, 15) is 8.42 Å². The first kappa shape index (κ1) is 17.9. The number of aromatic nitrogens is 2. The van der Waals surface area contributed by atoms with Crippen molar-refractivity contribution >= 4 is 10.0 Å². The van der Waals surface area contributed by atoms with E-state index >= 15 is 0 Å². The van der Waals surface area contributed by atoms with Crippen molar-refractivity contribution in [2.45, 2.75) is 31.7 Å². The lowest BCUT2D eigenvalue weighted by atomic mass is 10.1. The van der Waals surface area contributed by atoms with Gasteiger partial charge in [-0.25, -0.2) is 8.42 Å². The van der Waals surface area contributed by atoms with Crippen LogP contribution in [-0.2, 0) is 14.8 Å². The lowest BCUT2D eigenvalue weighted by molar-refractivity contribution is 0.0316. The molecule has 0 bridgehead atoms. The molecule has 1 N–H and O–H groups in total. The Morgan fingerprint density at radius 1 is 1.32 bits per heavy atom. The van der Waals surface area contributed by atoms with Crippen LogP contribution in [0.4, 0.5) is 0 Å². The Bertz CT molecular complexity index is 857. The van der Waals surface area contributed by atoms with Gasteiger partial charge in [0.05, 0.1) is 32.1 Å². The summed E-state index contributed by atoms with van der Waals surface area (Å²) in [7, 11) is -2.27. The summed E-state index contributed by atoms with van der Waals surface area (Å²) in [6.45, 7) is 6.57. The maximum Gasteiger partial charge on any atom is 0.247 e. The van der Waals surface area contributed by atoms with Crippen molar-refractivity contribution in [2.75, 3.05) is 26.9 Å². The van der Waals surface area contributed by atoms with Crippen LogP contribution in [0.1, 0.15) is 28.6 Å². The van der Waals surface area contributed by atoms with Gasteiger partial charge in [-0.1, -0.05) is 6.07 Å². The molecule has 2 aromatic rings. The number of rotatable bonds is 4. The molecular formula is C17H23N3O4S. The fraction of sp³-hybridized carbons (Fsp3) is 0.471. The van der Waals surface area contributed by atoms with Crippen molar-refractivity contribution in [3.63, 3.8) is 0 Å². The molecule has 0 aliphatic carbocycles. The van der Waals surface area contributed by atoms with Crippen LogP contribution < -0.4 is 4.74 Å². The van der Waals surface area contributed by atoms with Crippen molar-refractivity contribution < 1.29 is 17.9 Å². The van der Waals surface area contributed by atoms with Gasteiger partial charge in [0.25, 0.3) is 0 Å². The standard InChI is InChI=1S/C17H23N3O4S/c1-11-5-6-15(23-4)16(9-11)25(21,22)20-7-8-24-10-14(20)17-12(2)18-19-13(17)3/h5-6,9,14H,7-8,10H2,1-4H3,(H,18,19). The molecule has 0 saturated carbocycles. The van der Waals surface area contributed by atoms with Crippen LogP contribution in [0.25, 0.3) is 0 Å². The number of nitrogens with zero attached hydrogens (tertiary/aromatic N) is 2. The quantitative estimate of drug-likeness (QED) is 0.897. The first-order valence-electron chi connectivity index (χ1n) is 8.12. The predicted molar refractivity (Wildman–Crippen MR) is 93.2 cm³/mol. The Labute approximate surface area is 148 Å². The Kier molecular flexibility index (Phi) is 4.86. The van der Waals surface area contributed by atoms with Gasteiger partial charge in [-0.3, -0.25) is 5.10 Å². The van der Waals surface area contributed by atoms with Crippen LogP contribution in [0.5, 0.6) is 5.75 Å². The van der Waals surface area contributed by atoms with E-state index in [1.807, 2.05) is 26.8 Å². The molecule has 0 radical (unpaired) electrons. The summed E-state index contributed by atoms with van der Waals surface area (Å²) in [6.07, 6.45) is 0. The molecule has 1 fully saturated rings. The van der Waals surface area contributed by atoms with Crippen molar-refractivity contribution in [2.24, 2.45) is 0 Å². The minimum Gasteiger partial charge on any atom is -0.495 e. The molecule has 7 nitrogen and oxygen atoms in total. The van der Waals surface area contributed by atoms with Gasteiger partial charge in [0.2, 0.25) is 10.0 Å². The van der Waals surface area contributed by atoms with Gasteiger partial charge in [0, 0.05) is 17.8 Å². The van der Waals surface area contributed by atoms with E-state index < -0.39 is 16.1 Å². The summed E-state index contributed by atoms with van der Waals surface area (Å²) in [5.41, 5.74) is 3.36. The van der Waals surface area contributed by atoms with Gasteiger partial charge in [-0.15, -0.1) is 0 Å². The molecular weight excluding hydrogens is 342 g/mol. The fourth-order valence-electron chi connectivity index (χ4n) is 3.27. The maximum absolute atomic E-state index is 13.4. The summed E-state index contributed by atoms with van der Waals surface area (Å²) in [5.74, 6) is 0.344. The largest absolute Gasteiger partial charge is 0.495 e. The van der Waals surface area contributed by atoms with Crippen LogP contribution in [0, 0.1) is 20.8 Å². The van der Waals surface area contributed by atoms with Gasteiger partial charge < -0.3 is 9.47 Å². The Morgan fingerprint density at radius 2 is 2.08 bits per heavy atom. The second kappa shape index (κ2) is 6.78. The predicted octanol–water partition coefficient (Wildman–Crippen LogP) is 2.11. The van der Waals surface area contributed by atoms with Crippen molar-refractivity contribution in [1.82, 2.24) is 14.5 Å². The monoisotopic (exact) mass is 365 g/mol. The highest BCUT2D eigenvalue weighted by Gasteiger charge is 2.38. The normalized spacial score (nSPS) is 19.1. The SMILES string of the molecule is COc1ccc(C)cc1S(=O)(=O)N1CCOCC1c1c(C)n[nH]c1C. The molecule has 1 aromatic carbocycles. The topological polar surface area (TPSA) is 84.5 Å². The second-order valence-corrected chi connectivity index (χ2v) is 8.07. The van der Waals surface area contributed by atoms with Crippen LogP contribution >= 0.6 is 0 Å². The van der Waals surface area contributed by atoms with Crippen molar-refractivity contribution in [3.8, 4) is 5.75 Å². The number of hydrogen-bond donors (Lipinski definition) is 1. The van der Waals surface area contributed by atoms with Crippen LogP contribution in [0.2, 0.25) is 0 Å². The average Bonchev–Trinajstić information content (AvgIpc) is 2.93. The third-order valence-electron chi connectivity index (χ3n) is 4.50. The summed E-state index contributed by atoms with van der Waals surface area (Å²) in [5, 5.41) is 7.13. The van der Waals surface area contributed by atoms with Gasteiger partial charge in [-0.2, -0.15) is 9.40 Å². The molecule has 0 spiro atoms. The second-order valence-electron chi connectivity index (χ2n) is 6.21. The number of H-pyrrole nitrogens is 1.